The number of anilines is 1. The van der Waals surface area contributed by atoms with E-state index < -0.39 is 0 Å². The fourth-order valence-corrected chi connectivity index (χ4v) is 2.06. The summed E-state index contributed by atoms with van der Waals surface area (Å²) in [6.45, 7) is 4.25. The number of benzene rings is 1. The van der Waals surface area contributed by atoms with E-state index >= 15 is 0 Å². The maximum absolute atomic E-state index is 13.3. The Bertz CT molecular complexity index is 558. The molecule has 0 aliphatic heterocycles. The highest BCUT2D eigenvalue weighted by atomic mass is 19.1. The van der Waals surface area contributed by atoms with Crippen molar-refractivity contribution in [2.75, 3.05) is 5.73 Å². The molecule has 0 aliphatic carbocycles. The van der Waals surface area contributed by atoms with E-state index in [4.69, 9.17) is 5.73 Å². The van der Waals surface area contributed by atoms with Crippen LogP contribution in [0.4, 0.5) is 10.2 Å². The topological polar surface area (TPSA) is 43.8 Å². The van der Waals surface area contributed by atoms with Crippen molar-refractivity contribution < 1.29 is 4.39 Å². The molecule has 0 bridgehead atoms. The molecular formula is C14H18FN3. The average Bonchev–Trinajstić information content (AvgIpc) is 2.57. The van der Waals surface area contributed by atoms with Gasteiger partial charge in [0.1, 0.15) is 11.6 Å². The zero-order valence-corrected chi connectivity index (χ0v) is 10.9. The molecule has 0 atom stereocenters. The number of nitrogen functional groups attached to an aromatic ring is 1. The molecule has 0 aliphatic rings. The van der Waals surface area contributed by atoms with Gasteiger partial charge in [0.15, 0.2) is 0 Å². The van der Waals surface area contributed by atoms with Gasteiger partial charge in [0.25, 0.3) is 0 Å². The van der Waals surface area contributed by atoms with E-state index in [0.29, 0.717) is 11.7 Å². The highest BCUT2D eigenvalue weighted by Gasteiger charge is 2.16. The van der Waals surface area contributed by atoms with E-state index in [9.17, 15) is 4.39 Å². The Labute approximate surface area is 106 Å². The van der Waals surface area contributed by atoms with Crippen molar-refractivity contribution in [3.8, 4) is 11.3 Å². The number of nitrogens with two attached hydrogens (primary N) is 1. The van der Waals surface area contributed by atoms with Gasteiger partial charge >= 0.3 is 0 Å². The number of aryl methyl sites for hydroxylation is 1. The van der Waals surface area contributed by atoms with E-state index in [1.54, 1.807) is 10.7 Å². The zero-order chi connectivity index (χ0) is 13.3. The third kappa shape index (κ3) is 2.37. The Kier molecular flexibility index (Phi) is 3.36. The number of aromatic nitrogens is 2. The first-order valence-corrected chi connectivity index (χ1v) is 6.06. The molecule has 0 amide bonds. The molecular weight excluding hydrogens is 229 g/mol. The number of hydrogen-bond acceptors (Lipinski definition) is 2. The van der Waals surface area contributed by atoms with Crippen LogP contribution in [0.3, 0.4) is 0 Å². The summed E-state index contributed by atoms with van der Waals surface area (Å²) in [5.41, 5.74) is 8.59. The summed E-state index contributed by atoms with van der Waals surface area (Å²) < 4.78 is 14.9. The predicted molar refractivity (Wildman–Crippen MR) is 71.6 cm³/mol. The normalized spacial score (nSPS) is 11.2. The van der Waals surface area contributed by atoms with Crippen LogP contribution in [-0.2, 0) is 13.5 Å². The monoisotopic (exact) mass is 247 g/mol. The molecule has 96 valence electrons. The van der Waals surface area contributed by atoms with Crippen molar-refractivity contribution in [1.29, 1.82) is 0 Å². The summed E-state index contributed by atoms with van der Waals surface area (Å²) in [7, 11) is 1.81. The molecule has 3 nitrogen and oxygen atoms in total. The molecule has 1 aromatic heterocycles. The van der Waals surface area contributed by atoms with E-state index in [-0.39, 0.29) is 5.82 Å². The highest BCUT2D eigenvalue weighted by molar-refractivity contribution is 5.68. The van der Waals surface area contributed by atoms with Gasteiger partial charge in [-0.05, 0) is 24.5 Å². The van der Waals surface area contributed by atoms with Crippen LogP contribution in [0.15, 0.2) is 24.3 Å². The first-order chi connectivity index (χ1) is 8.49. The standard InChI is InChI=1S/C14H18FN3/c1-9(2)7-12-13(17-18(3)14(12)16)10-5-4-6-11(15)8-10/h4-6,8-9H,7,16H2,1-3H3. The lowest BCUT2D eigenvalue weighted by atomic mass is 9.99. The third-order valence-electron chi connectivity index (χ3n) is 2.90. The number of nitrogens with zero attached hydrogens (tertiary/aromatic N) is 2. The predicted octanol–water partition coefficient (Wildman–Crippen LogP) is 3.01. The van der Waals surface area contributed by atoms with Gasteiger partial charge in [-0.1, -0.05) is 26.0 Å². The zero-order valence-electron chi connectivity index (χ0n) is 10.9. The van der Waals surface area contributed by atoms with Crippen LogP contribution in [0.5, 0.6) is 0 Å². The number of halogens is 1. The van der Waals surface area contributed by atoms with E-state index in [1.165, 1.54) is 12.1 Å². The molecule has 0 radical (unpaired) electrons. The van der Waals surface area contributed by atoms with E-state index in [1.807, 2.05) is 13.1 Å². The van der Waals surface area contributed by atoms with Gasteiger partial charge in [-0.25, -0.2) is 4.39 Å². The lowest BCUT2D eigenvalue weighted by Gasteiger charge is -2.06. The van der Waals surface area contributed by atoms with E-state index in [0.717, 1.165) is 23.2 Å². The second kappa shape index (κ2) is 4.80. The minimum absolute atomic E-state index is 0.257. The van der Waals surface area contributed by atoms with E-state index in [2.05, 4.69) is 18.9 Å². The largest absolute Gasteiger partial charge is 0.384 e. The van der Waals surface area contributed by atoms with Crippen LogP contribution < -0.4 is 5.73 Å². The summed E-state index contributed by atoms with van der Waals surface area (Å²) >= 11 is 0. The van der Waals surface area contributed by atoms with Gasteiger partial charge in [0.2, 0.25) is 0 Å². The van der Waals surface area contributed by atoms with Crippen LogP contribution in [0.2, 0.25) is 0 Å². The van der Waals surface area contributed by atoms with Crippen molar-refractivity contribution in [2.45, 2.75) is 20.3 Å². The molecule has 0 saturated carbocycles. The van der Waals surface area contributed by atoms with Crippen LogP contribution >= 0.6 is 0 Å². The van der Waals surface area contributed by atoms with Crippen molar-refractivity contribution in [3.63, 3.8) is 0 Å². The SMILES string of the molecule is CC(C)Cc1c(-c2cccc(F)c2)nn(C)c1N. The van der Waals surface area contributed by atoms with Crippen molar-refractivity contribution in [1.82, 2.24) is 9.78 Å². The lowest BCUT2D eigenvalue weighted by molar-refractivity contribution is 0.628. The Hall–Kier alpha value is -1.84. The van der Waals surface area contributed by atoms with Gasteiger partial charge in [-0.2, -0.15) is 5.10 Å². The summed E-state index contributed by atoms with van der Waals surface area (Å²) in [5, 5.41) is 4.40. The van der Waals surface area contributed by atoms with Crippen molar-refractivity contribution >= 4 is 5.82 Å². The molecule has 0 spiro atoms. The minimum Gasteiger partial charge on any atom is -0.384 e. The molecule has 0 unspecified atom stereocenters. The van der Waals surface area contributed by atoms with Gasteiger partial charge < -0.3 is 5.73 Å². The summed E-state index contributed by atoms with van der Waals surface area (Å²) in [6.07, 6.45) is 0.839. The fraction of sp³-hybridized carbons (Fsp3) is 0.357. The summed E-state index contributed by atoms with van der Waals surface area (Å²) in [6, 6.07) is 6.47. The van der Waals surface area contributed by atoms with Gasteiger partial charge in [0, 0.05) is 18.2 Å². The summed E-state index contributed by atoms with van der Waals surface area (Å²) in [4.78, 5) is 0. The maximum atomic E-state index is 13.3. The van der Waals surface area contributed by atoms with Crippen LogP contribution in [0.25, 0.3) is 11.3 Å². The molecule has 1 heterocycles. The van der Waals surface area contributed by atoms with Crippen LogP contribution in [0, 0.1) is 11.7 Å². The van der Waals surface area contributed by atoms with Crippen molar-refractivity contribution in [3.05, 3.63) is 35.6 Å². The maximum Gasteiger partial charge on any atom is 0.125 e. The first kappa shape index (κ1) is 12.6. The molecule has 0 fully saturated rings. The Morgan fingerprint density at radius 3 is 2.72 bits per heavy atom. The van der Waals surface area contributed by atoms with Crippen LogP contribution in [0.1, 0.15) is 19.4 Å². The molecule has 18 heavy (non-hydrogen) atoms. The van der Waals surface area contributed by atoms with Gasteiger partial charge in [-0.3, -0.25) is 4.68 Å². The average molecular weight is 247 g/mol. The molecule has 0 saturated heterocycles. The third-order valence-corrected chi connectivity index (χ3v) is 2.90. The fourth-order valence-electron chi connectivity index (χ4n) is 2.06. The molecule has 4 heteroatoms. The van der Waals surface area contributed by atoms with Crippen LogP contribution in [-0.4, -0.2) is 9.78 Å². The first-order valence-electron chi connectivity index (χ1n) is 6.06. The molecule has 1 aromatic carbocycles. The second-order valence-electron chi connectivity index (χ2n) is 4.94. The number of rotatable bonds is 3. The molecule has 2 rings (SSSR count). The minimum atomic E-state index is -0.257. The Morgan fingerprint density at radius 1 is 1.39 bits per heavy atom. The van der Waals surface area contributed by atoms with Gasteiger partial charge in [0.05, 0.1) is 5.69 Å². The summed E-state index contributed by atoms with van der Waals surface area (Å²) in [5.74, 6) is 0.874. The molecule has 2 N–H and O–H groups in total. The Balaban J connectivity index is 2.53. The smallest absolute Gasteiger partial charge is 0.125 e. The second-order valence-corrected chi connectivity index (χ2v) is 4.94. The molecule has 2 aromatic rings. The number of hydrogen-bond donors (Lipinski definition) is 1. The Morgan fingerprint density at radius 2 is 2.11 bits per heavy atom. The van der Waals surface area contributed by atoms with Gasteiger partial charge in [-0.15, -0.1) is 0 Å². The quantitative estimate of drug-likeness (QED) is 0.906. The highest BCUT2D eigenvalue weighted by Crippen LogP contribution is 2.29. The van der Waals surface area contributed by atoms with Crippen molar-refractivity contribution in [2.24, 2.45) is 13.0 Å². The lowest BCUT2D eigenvalue weighted by Crippen LogP contribution is -2.02.